The zero-order chi connectivity index (χ0) is 19.6. The van der Waals surface area contributed by atoms with Crippen LogP contribution in [0.3, 0.4) is 0 Å². The average molecular weight is 375 g/mol. The molecule has 1 amide bonds. The maximum absolute atomic E-state index is 12.9. The summed E-state index contributed by atoms with van der Waals surface area (Å²) in [4.78, 5) is 16.6. The molecule has 142 valence electrons. The molecule has 0 fully saturated rings. The van der Waals surface area contributed by atoms with Crippen molar-refractivity contribution in [1.82, 2.24) is 9.55 Å². The Labute approximate surface area is 155 Å². The number of nitrogens with zero attached hydrogens (tertiary/aromatic N) is 2. The van der Waals surface area contributed by atoms with Crippen LogP contribution in [0.5, 0.6) is 0 Å². The molecule has 3 rings (SSSR count). The molecule has 7 heteroatoms. The molecule has 0 spiro atoms. The molecule has 4 nitrogen and oxygen atoms in total. The van der Waals surface area contributed by atoms with Crippen molar-refractivity contribution in [3.8, 4) is 0 Å². The number of pyridine rings is 1. The number of benzene rings is 1. The van der Waals surface area contributed by atoms with E-state index in [1.165, 1.54) is 0 Å². The number of halogens is 3. The van der Waals surface area contributed by atoms with Crippen LogP contribution in [-0.4, -0.2) is 15.5 Å². The first kappa shape index (κ1) is 18.9. The van der Waals surface area contributed by atoms with E-state index in [1.807, 2.05) is 35.8 Å². The lowest BCUT2D eigenvalue weighted by atomic mass is 10.1. The molecule has 2 heterocycles. The van der Waals surface area contributed by atoms with Gasteiger partial charge >= 0.3 is 6.18 Å². The summed E-state index contributed by atoms with van der Waals surface area (Å²) in [7, 11) is 0. The number of rotatable bonds is 5. The van der Waals surface area contributed by atoms with Gasteiger partial charge in [0.1, 0.15) is 11.5 Å². The molecule has 27 heavy (non-hydrogen) atoms. The quantitative estimate of drug-likeness (QED) is 0.648. The van der Waals surface area contributed by atoms with Crippen LogP contribution in [0.25, 0.3) is 10.9 Å². The Morgan fingerprint density at radius 2 is 1.93 bits per heavy atom. The van der Waals surface area contributed by atoms with Crippen LogP contribution in [0.4, 0.5) is 19.0 Å². The number of aromatic nitrogens is 2. The van der Waals surface area contributed by atoms with Crippen molar-refractivity contribution >= 4 is 22.6 Å². The summed E-state index contributed by atoms with van der Waals surface area (Å²) in [6.07, 6.45) is -1.85. The third-order valence-corrected chi connectivity index (χ3v) is 4.51. The summed E-state index contributed by atoms with van der Waals surface area (Å²) >= 11 is 0. The maximum Gasteiger partial charge on any atom is 0.417 e. The van der Waals surface area contributed by atoms with Crippen molar-refractivity contribution < 1.29 is 18.0 Å². The number of fused-ring (bicyclic) bond motifs is 1. The summed E-state index contributed by atoms with van der Waals surface area (Å²) < 4.78 is 39.9. The number of anilines is 1. The second-order valence-electron chi connectivity index (χ2n) is 6.38. The van der Waals surface area contributed by atoms with Gasteiger partial charge in [-0.1, -0.05) is 31.5 Å². The molecular weight excluding hydrogens is 355 g/mol. The van der Waals surface area contributed by atoms with Crippen molar-refractivity contribution in [3.05, 3.63) is 59.4 Å². The SMILES string of the molecule is CCCCn1c(C(=O)Nc2ccc(C(F)(F)F)cn2)c(C)c2ccccc21. The van der Waals surface area contributed by atoms with E-state index >= 15 is 0 Å². The fraction of sp³-hybridized carbons (Fsp3) is 0.300. The Morgan fingerprint density at radius 3 is 2.56 bits per heavy atom. The van der Waals surface area contributed by atoms with Gasteiger partial charge in [-0.3, -0.25) is 4.79 Å². The Bertz CT molecular complexity index is 959. The first-order valence-electron chi connectivity index (χ1n) is 8.75. The number of aryl methyl sites for hydroxylation is 2. The molecule has 0 aliphatic heterocycles. The number of carbonyl (C=O) groups is 1. The third-order valence-electron chi connectivity index (χ3n) is 4.51. The van der Waals surface area contributed by atoms with Gasteiger partial charge < -0.3 is 9.88 Å². The molecule has 1 aromatic carbocycles. The van der Waals surface area contributed by atoms with Crippen LogP contribution < -0.4 is 5.32 Å². The standard InChI is InChI=1S/C20H20F3N3O/c1-3-4-11-26-16-8-6-5-7-15(16)13(2)18(26)19(27)25-17-10-9-14(12-24-17)20(21,22)23/h5-10,12H,3-4,11H2,1-2H3,(H,24,25,27). The number of nitrogens with one attached hydrogen (secondary N) is 1. The Kier molecular flexibility index (Phi) is 5.21. The highest BCUT2D eigenvalue weighted by Crippen LogP contribution is 2.29. The van der Waals surface area contributed by atoms with Gasteiger partial charge in [-0.05, 0) is 37.1 Å². The van der Waals surface area contributed by atoms with E-state index in [-0.39, 0.29) is 11.7 Å². The van der Waals surface area contributed by atoms with Gasteiger partial charge in [0.05, 0.1) is 5.56 Å². The van der Waals surface area contributed by atoms with Crippen molar-refractivity contribution in [2.24, 2.45) is 0 Å². The van der Waals surface area contributed by atoms with E-state index in [1.54, 1.807) is 0 Å². The van der Waals surface area contributed by atoms with Gasteiger partial charge in [-0.25, -0.2) is 4.98 Å². The zero-order valence-electron chi connectivity index (χ0n) is 15.1. The van der Waals surface area contributed by atoms with Gasteiger partial charge in [0.15, 0.2) is 0 Å². The summed E-state index contributed by atoms with van der Waals surface area (Å²) in [5.41, 5.74) is 1.46. The molecule has 0 aliphatic rings. The molecule has 0 radical (unpaired) electrons. The number of para-hydroxylation sites is 1. The molecule has 1 N–H and O–H groups in total. The smallest absolute Gasteiger partial charge is 0.336 e. The van der Waals surface area contributed by atoms with Gasteiger partial charge in [0, 0.05) is 23.6 Å². The van der Waals surface area contributed by atoms with Crippen LogP contribution in [-0.2, 0) is 12.7 Å². The van der Waals surface area contributed by atoms with Crippen LogP contribution in [0.15, 0.2) is 42.6 Å². The van der Waals surface area contributed by atoms with E-state index in [2.05, 4.69) is 17.2 Å². The molecule has 0 saturated heterocycles. The predicted octanol–water partition coefficient (Wildman–Crippen LogP) is 5.42. The van der Waals surface area contributed by atoms with Crippen molar-refractivity contribution in [1.29, 1.82) is 0 Å². The fourth-order valence-corrected chi connectivity index (χ4v) is 3.13. The lowest BCUT2D eigenvalue weighted by Crippen LogP contribution is -2.19. The molecule has 3 aromatic rings. The van der Waals surface area contributed by atoms with Gasteiger partial charge in [-0.2, -0.15) is 13.2 Å². The molecule has 0 aliphatic carbocycles. The monoisotopic (exact) mass is 375 g/mol. The van der Waals surface area contributed by atoms with E-state index in [4.69, 9.17) is 0 Å². The molecule has 0 unspecified atom stereocenters. The number of amides is 1. The minimum atomic E-state index is -4.46. The molecule has 0 bridgehead atoms. The van der Waals surface area contributed by atoms with E-state index in [0.29, 0.717) is 12.2 Å². The second-order valence-corrected chi connectivity index (χ2v) is 6.38. The number of alkyl halides is 3. The summed E-state index contributed by atoms with van der Waals surface area (Å²) in [6, 6.07) is 9.82. The lowest BCUT2D eigenvalue weighted by Gasteiger charge is -2.12. The maximum atomic E-state index is 12.9. The van der Waals surface area contributed by atoms with Crippen LogP contribution in [0.2, 0.25) is 0 Å². The molecule has 0 saturated carbocycles. The zero-order valence-corrected chi connectivity index (χ0v) is 15.1. The predicted molar refractivity (Wildman–Crippen MR) is 98.8 cm³/mol. The van der Waals surface area contributed by atoms with Crippen molar-refractivity contribution in [3.63, 3.8) is 0 Å². The Morgan fingerprint density at radius 1 is 1.19 bits per heavy atom. The topological polar surface area (TPSA) is 46.9 Å². The lowest BCUT2D eigenvalue weighted by molar-refractivity contribution is -0.137. The second kappa shape index (κ2) is 7.42. The first-order chi connectivity index (χ1) is 12.8. The van der Waals surface area contributed by atoms with Gasteiger partial charge in [-0.15, -0.1) is 0 Å². The minimum Gasteiger partial charge on any atom is -0.336 e. The molecule has 0 atom stereocenters. The van der Waals surface area contributed by atoms with E-state index in [0.717, 1.165) is 47.6 Å². The number of hydrogen-bond donors (Lipinski definition) is 1. The van der Waals surface area contributed by atoms with E-state index < -0.39 is 11.7 Å². The Hall–Kier alpha value is -2.83. The Balaban J connectivity index is 1.94. The third kappa shape index (κ3) is 3.82. The summed E-state index contributed by atoms with van der Waals surface area (Å²) in [5.74, 6) is -0.299. The highest BCUT2D eigenvalue weighted by Gasteiger charge is 2.30. The average Bonchev–Trinajstić information content (AvgIpc) is 2.92. The largest absolute Gasteiger partial charge is 0.417 e. The summed E-state index contributed by atoms with van der Waals surface area (Å²) in [6.45, 7) is 4.64. The summed E-state index contributed by atoms with van der Waals surface area (Å²) in [5, 5.41) is 3.60. The minimum absolute atomic E-state index is 0.0831. The fourth-order valence-electron chi connectivity index (χ4n) is 3.13. The normalized spacial score (nSPS) is 11.7. The highest BCUT2D eigenvalue weighted by atomic mass is 19.4. The van der Waals surface area contributed by atoms with Gasteiger partial charge in [0.25, 0.3) is 5.91 Å². The van der Waals surface area contributed by atoms with Crippen molar-refractivity contribution in [2.45, 2.75) is 39.4 Å². The number of unbranched alkanes of at least 4 members (excludes halogenated alkanes) is 1. The first-order valence-corrected chi connectivity index (χ1v) is 8.75. The van der Waals surface area contributed by atoms with Crippen LogP contribution >= 0.6 is 0 Å². The number of hydrogen-bond acceptors (Lipinski definition) is 2. The van der Waals surface area contributed by atoms with Crippen LogP contribution in [0.1, 0.15) is 41.4 Å². The highest BCUT2D eigenvalue weighted by molar-refractivity contribution is 6.08. The molecular formula is C20H20F3N3O. The number of carbonyl (C=O) groups excluding carboxylic acids is 1. The molecule has 2 aromatic heterocycles. The van der Waals surface area contributed by atoms with E-state index in [9.17, 15) is 18.0 Å². The van der Waals surface area contributed by atoms with Crippen molar-refractivity contribution in [2.75, 3.05) is 5.32 Å². The van der Waals surface area contributed by atoms with Crippen LogP contribution in [0, 0.1) is 6.92 Å². The van der Waals surface area contributed by atoms with Gasteiger partial charge in [0.2, 0.25) is 0 Å².